The zero-order chi connectivity index (χ0) is 8.41. The van der Waals surface area contributed by atoms with Crippen LogP contribution in [0.4, 0.5) is 0 Å². The Kier molecular flexibility index (Phi) is 2.82. The van der Waals surface area contributed by atoms with Crippen LogP contribution in [0.25, 0.3) is 0 Å². The van der Waals surface area contributed by atoms with Crippen molar-refractivity contribution in [3.05, 3.63) is 0 Å². The van der Waals surface area contributed by atoms with Crippen molar-refractivity contribution in [3.8, 4) is 0 Å². The number of quaternary nitrogens is 1. The Bertz CT molecular complexity index is 190. The molecule has 0 aromatic heterocycles. The topological polar surface area (TPSA) is 60.2 Å². The molecule has 2 N–H and O–H groups in total. The highest BCUT2D eigenvalue weighted by Crippen LogP contribution is 1.90. The van der Waals surface area contributed by atoms with E-state index in [1.807, 2.05) is 21.1 Å². The molecule has 0 spiro atoms. The molecule has 5 heteroatoms. The molecule has 0 radical (unpaired) electrons. The highest BCUT2D eigenvalue weighted by molar-refractivity contribution is 7.89. The van der Waals surface area contributed by atoms with Crippen molar-refractivity contribution in [2.75, 3.05) is 33.4 Å². The highest BCUT2D eigenvalue weighted by Gasteiger charge is 2.11. The van der Waals surface area contributed by atoms with Crippen molar-refractivity contribution < 1.29 is 12.9 Å². The fourth-order valence-corrected chi connectivity index (χ4v) is 1.20. The van der Waals surface area contributed by atoms with Crippen molar-refractivity contribution in [2.24, 2.45) is 5.14 Å². The van der Waals surface area contributed by atoms with Crippen LogP contribution in [0.1, 0.15) is 0 Å². The van der Waals surface area contributed by atoms with Crippen LogP contribution >= 0.6 is 0 Å². The number of sulfonamides is 1. The summed E-state index contributed by atoms with van der Waals surface area (Å²) in [5.74, 6) is 0.0521. The average molecular weight is 167 g/mol. The summed E-state index contributed by atoms with van der Waals surface area (Å²) in [7, 11) is 2.49. The van der Waals surface area contributed by atoms with E-state index in [1.165, 1.54) is 0 Å². The first-order chi connectivity index (χ1) is 4.21. The van der Waals surface area contributed by atoms with Crippen molar-refractivity contribution in [2.45, 2.75) is 0 Å². The van der Waals surface area contributed by atoms with Crippen LogP contribution in [0.5, 0.6) is 0 Å². The Balaban J connectivity index is 3.79. The largest absolute Gasteiger partial charge is 0.330 e. The van der Waals surface area contributed by atoms with Crippen LogP contribution < -0.4 is 5.14 Å². The predicted molar refractivity (Wildman–Crippen MR) is 40.9 cm³/mol. The van der Waals surface area contributed by atoms with Gasteiger partial charge in [-0.3, -0.25) is 0 Å². The van der Waals surface area contributed by atoms with Crippen LogP contribution in [-0.2, 0) is 10.0 Å². The van der Waals surface area contributed by atoms with Crippen molar-refractivity contribution in [1.29, 1.82) is 0 Å². The van der Waals surface area contributed by atoms with E-state index >= 15 is 0 Å². The van der Waals surface area contributed by atoms with Gasteiger partial charge >= 0.3 is 0 Å². The van der Waals surface area contributed by atoms with Crippen LogP contribution in [0, 0.1) is 0 Å². The van der Waals surface area contributed by atoms with Gasteiger partial charge in [-0.1, -0.05) is 0 Å². The molecule has 0 saturated carbocycles. The minimum atomic E-state index is -3.27. The minimum Gasteiger partial charge on any atom is -0.330 e. The van der Waals surface area contributed by atoms with E-state index in [4.69, 9.17) is 5.14 Å². The Morgan fingerprint density at radius 2 is 1.70 bits per heavy atom. The number of hydrogen-bond donors (Lipinski definition) is 1. The lowest BCUT2D eigenvalue weighted by atomic mass is 10.6. The summed E-state index contributed by atoms with van der Waals surface area (Å²) in [4.78, 5) is 0. The number of primary sulfonamides is 1. The molecule has 62 valence electrons. The summed E-state index contributed by atoms with van der Waals surface area (Å²) in [6, 6.07) is 0. The van der Waals surface area contributed by atoms with Gasteiger partial charge in [0.2, 0.25) is 10.0 Å². The molecule has 0 heterocycles. The average Bonchev–Trinajstić information content (AvgIpc) is 1.57. The molecule has 0 unspecified atom stereocenters. The maximum atomic E-state index is 10.4. The fraction of sp³-hybridized carbons (Fsp3) is 1.00. The Hall–Kier alpha value is -0.130. The normalized spacial score (nSPS) is 13.6. The van der Waals surface area contributed by atoms with Crippen molar-refractivity contribution >= 4 is 10.0 Å². The van der Waals surface area contributed by atoms with Gasteiger partial charge in [-0.15, -0.1) is 0 Å². The van der Waals surface area contributed by atoms with E-state index in [2.05, 4.69) is 0 Å². The van der Waals surface area contributed by atoms with Crippen LogP contribution in [0.3, 0.4) is 0 Å². The van der Waals surface area contributed by atoms with E-state index in [0.717, 1.165) is 0 Å². The van der Waals surface area contributed by atoms with Crippen molar-refractivity contribution in [1.82, 2.24) is 0 Å². The molecule has 10 heavy (non-hydrogen) atoms. The van der Waals surface area contributed by atoms with Gasteiger partial charge in [0.1, 0.15) is 5.75 Å². The quantitative estimate of drug-likeness (QED) is 0.547. The molecule has 0 saturated heterocycles. The van der Waals surface area contributed by atoms with Gasteiger partial charge in [0.15, 0.2) is 0 Å². The van der Waals surface area contributed by atoms with E-state index in [1.54, 1.807) is 0 Å². The van der Waals surface area contributed by atoms with Gasteiger partial charge in [-0.2, -0.15) is 0 Å². The molecule has 0 aromatic carbocycles. The Morgan fingerprint density at radius 3 is 1.80 bits per heavy atom. The predicted octanol–water partition coefficient (Wildman–Crippen LogP) is -1.02. The molecule has 0 aliphatic heterocycles. The van der Waals surface area contributed by atoms with Gasteiger partial charge in [-0.25, -0.2) is 13.6 Å². The summed E-state index contributed by atoms with van der Waals surface area (Å²) >= 11 is 0. The van der Waals surface area contributed by atoms with Gasteiger partial charge in [0.05, 0.1) is 27.7 Å². The second-order valence-corrected chi connectivity index (χ2v) is 5.11. The molecular formula is C5H15N2O2S+. The smallest absolute Gasteiger partial charge is 0.214 e. The van der Waals surface area contributed by atoms with Gasteiger partial charge in [0, 0.05) is 0 Å². The molecule has 4 nitrogen and oxygen atoms in total. The fourth-order valence-electron chi connectivity index (χ4n) is 0.401. The Morgan fingerprint density at radius 1 is 1.30 bits per heavy atom. The lowest BCUT2D eigenvalue weighted by Crippen LogP contribution is -2.40. The second-order valence-electron chi connectivity index (χ2n) is 3.38. The van der Waals surface area contributed by atoms with Crippen LogP contribution in [0.15, 0.2) is 0 Å². The summed E-state index contributed by atoms with van der Waals surface area (Å²) < 4.78 is 21.5. The highest BCUT2D eigenvalue weighted by atomic mass is 32.2. The molecule has 0 aliphatic rings. The standard InChI is InChI=1S/C5H15N2O2S/c1-7(2,3)4-5-10(6,8)9/h4-5H2,1-3H3,(H2,6,8,9)/q+1. The molecular weight excluding hydrogens is 152 g/mol. The molecule has 0 amide bonds. The third-order valence-electron chi connectivity index (χ3n) is 1.05. The number of hydrogen-bond acceptors (Lipinski definition) is 2. The lowest BCUT2D eigenvalue weighted by Gasteiger charge is -2.22. The summed E-state index contributed by atoms with van der Waals surface area (Å²) in [6.45, 7) is 0.554. The first-order valence-electron chi connectivity index (χ1n) is 3.02. The van der Waals surface area contributed by atoms with E-state index < -0.39 is 10.0 Å². The van der Waals surface area contributed by atoms with E-state index in [9.17, 15) is 8.42 Å². The molecule has 0 fully saturated rings. The summed E-state index contributed by atoms with van der Waals surface area (Å²) in [5, 5.41) is 4.80. The number of nitrogens with two attached hydrogens (primary N) is 1. The monoisotopic (exact) mass is 167 g/mol. The van der Waals surface area contributed by atoms with Gasteiger partial charge in [0.25, 0.3) is 0 Å². The second kappa shape index (κ2) is 2.86. The lowest BCUT2D eigenvalue weighted by molar-refractivity contribution is -0.867. The molecule has 0 aromatic rings. The zero-order valence-electron chi connectivity index (χ0n) is 6.66. The summed E-state index contributed by atoms with van der Waals surface area (Å²) in [5.41, 5.74) is 0. The van der Waals surface area contributed by atoms with Crippen LogP contribution in [0.2, 0.25) is 0 Å². The van der Waals surface area contributed by atoms with E-state index in [0.29, 0.717) is 11.0 Å². The SMILES string of the molecule is C[N+](C)(C)CCS(N)(=O)=O. The maximum Gasteiger partial charge on any atom is 0.214 e. The maximum absolute atomic E-state index is 10.4. The summed E-state index contributed by atoms with van der Waals surface area (Å²) in [6.07, 6.45) is 0. The van der Waals surface area contributed by atoms with Crippen molar-refractivity contribution in [3.63, 3.8) is 0 Å². The van der Waals surface area contributed by atoms with Crippen LogP contribution in [-0.4, -0.2) is 46.3 Å². The first-order valence-corrected chi connectivity index (χ1v) is 4.73. The van der Waals surface area contributed by atoms with Gasteiger partial charge < -0.3 is 4.48 Å². The number of nitrogens with zero attached hydrogens (tertiary/aromatic N) is 1. The Labute approximate surface area is 62.3 Å². The minimum absolute atomic E-state index is 0.0521. The molecule has 0 bridgehead atoms. The molecule has 0 aliphatic carbocycles. The molecule has 0 rings (SSSR count). The third kappa shape index (κ3) is 7.87. The first kappa shape index (κ1) is 9.87. The molecule has 0 atom stereocenters. The number of rotatable bonds is 3. The zero-order valence-corrected chi connectivity index (χ0v) is 7.48. The van der Waals surface area contributed by atoms with E-state index in [-0.39, 0.29) is 5.75 Å². The van der Waals surface area contributed by atoms with Gasteiger partial charge in [-0.05, 0) is 0 Å². The third-order valence-corrected chi connectivity index (χ3v) is 1.80.